The number of carboxylic acid groups (broad SMARTS) is 1. The van der Waals surface area contributed by atoms with E-state index in [1.165, 1.54) is 12.1 Å². The summed E-state index contributed by atoms with van der Waals surface area (Å²) in [7, 11) is 0. The smallest absolute Gasteiger partial charge is 0.360 e. The first-order valence-electron chi connectivity index (χ1n) is 8.89. The zero-order valence-electron chi connectivity index (χ0n) is 17.1. The Labute approximate surface area is 190 Å². The molecule has 0 aliphatic rings. The molecular formula is C19H16ClN3O10. The predicted molar refractivity (Wildman–Crippen MR) is 109 cm³/mol. The molecule has 174 valence electrons. The molecule has 13 nitrogen and oxygen atoms in total. The van der Waals surface area contributed by atoms with E-state index in [1.54, 1.807) is 0 Å². The molecule has 1 aromatic heterocycles. The van der Waals surface area contributed by atoms with Gasteiger partial charge in [0.1, 0.15) is 17.8 Å². The zero-order valence-corrected chi connectivity index (χ0v) is 17.9. The number of carboxylic acids is 1. The number of anilines is 1. The summed E-state index contributed by atoms with van der Waals surface area (Å²) in [4.78, 5) is 66.0. The average Bonchev–Trinajstić information content (AvgIpc) is 3.18. The van der Waals surface area contributed by atoms with Crippen LogP contribution < -0.4 is 14.8 Å². The molecule has 0 saturated heterocycles. The Balaban J connectivity index is 2.14. The fourth-order valence-corrected chi connectivity index (χ4v) is 2.25. The molecule has 0 saturated carbocycles. The molecule has 1 amide bonds. The number of carbonyl (C=O) groups excluding carboxylic acids is 4. The number of nitrogens with one attached hydrogen (secondary N) is 1. The lowest BCUT2D eigenvalue weighted by Crippen LogP contribution is -2.17. The molecule has 0 spiro atoms. The molecule has 33 heavy (non-hydrogen) atoms. The SMILES string of the molecule is CC(=O)Oc1ccc(C(=O)CO/N=C(\C(=O)O)c2coc(NC(=O)CCl)n2)cc1OC(C)=O. The summed E-state index contributed by atoms with van der Waals surface area (Å²) < 4.78 is 14.7. The quantitative estimate of drug-likeness (QED) is 0.125. The number of oxime groups is 1. The number of amides is 1. The summed E-state index contributed by atoms with van der Waals surface area (Å²) in [5, 5.41) is 14.9. The van der Waals surface area contributed by atoms with Crippen LogP contribution in [0.5, 0.6) is 11.5 Å². The summed E-state index contributed by atoms with van der Waals surface area (Å²) in [6.07, 6.45) is 0.904. The van der Waals surface area contributed by atoms with Crippen LogP contribution in [0, 0.1) is 0 Å². The Morgan fingerprint density at radius 3 is 2.39 bits per heavy atom. The first kappa shape index (κ1) is 25.0. The van der Waals surface area contributed by atoms with Crippen LogP contribution in [-0.2, 0) is 24.0 Å². The van der Waals surface area contributed by atoms with Gasteiger partial charge in [0.25, 0.3) is 0 Å². The van der Waals surface area contributed by atoms with Gasteiger partial charge in [-0.2, -0.15) is 4.98 Å². The Kier molecular flexibility index (Phi) is 8.63. The number of ether oxygens (including phenoxy) is 2. The van der Waals surface area contributed by atoms with Crippen molar-refractivity contribution in [3.05, 3.63) is 35.7 Å². The van der Waals surface area contributed by atoms with E-state index in [0.717, 1.165) is 26.2 Å². The third kappa shape index (κ3) is 7.43. The molecule has 0 bridgehead atoms. The van der Waals surface area contributed by atoms with Gasteiger partial charge in [0, 0.05) is 19.4 Å². The van der Waals surface area contributed by atoms with Gasteiger partial charge in [0.05, 0.1) is 0 Å². The highest BCUT2D eigenvalue weighted by Crippen LogP contribution is 2.29. The lowest BCUT2D eigenvalue weighted by atomic mass is 10.1. The maximum Gasteiger partial charge on any atom is 0.360 e. The molecule has 2 N–H and O–H groups in total. The van der Waals surface area contributed by atoms with Crippen molar-refractivity contribution in [1.29, 1.82) is 0 Å². The van der Waals surface area contributed by atoms with Crippen LogP contribution in [0.25, 0.3) is 0 Å². The summed E-state index contributed by atoms with van der Waals surface area (Å²) >= 11 is 5.34. The average molecular weight is 482 g/mol. The van der Waals surface area contributed by atoms with Gasteiger partial charge in [-0.25, -0.2) is 4.79 Å². The Bertz CT molecular complexity index is 1120. The summed E-state index contributed by atoms with van der Waals surface area (Å²) in [6.45, 7) is 1.57. The standard InChI is InChI=1S/C19H16ClN3O10/c1-9(24)32-14-4-3-11(5-15(14)33-10(2)25)13(26)8-31-23-17(18(28)29)12-7-30-19(21-12)22-16(27)6-20/h3-5,7H,6,8H2,1-2H3,(H,28,29)(H,21,22,27)/b23-17-. The van der Waals surface area contributed by atoms with Crippen molar-refractivity contribution in [3.8, 4) is 11.5 Å². The molecule has 1 heterocycles. The third-order valence-corrected chi connectivity index (χ3v) is 3.68. The Morgan fingerprint density at radius 2 is 1.79 bits per heavy atom. The lowest BCUT2D eigenvalue weighted by molar-refractivity contribution is -0.134. The van der Waals surface area contributed by atoms with E-state index in [2.05, 4.69) is 15.5 Å². The number of ketones is 1. The van der Waals surface area contributed by atoms with Crippen LogP contribution in [0.4, 0.5) is 6.01 Å². The zero-order chi connectivity index (χ0) is 24.5. The highest BCUT2D eigenvalue weighted by molar-refractivity contribution is 6.41. The van der Waals surface area contributed by atoms with Gasteiger partial charge in [-0.1, -0.05) is 5.16 Å². The van der Waals surface area contributed by atoms with Crippen molar-refractivity contribution in [2.45, 2.75) is 13.8 Å². The van der Waals surface area contributed by atoms with E-state index < -0.39 is 41.9 Å². The van der Waals surface area contributed by atoms with Gasteiger partial charge >= 0.3 is 23.9 Å². The van der Waals surface area contributed by atoms with Crippen molar-refractivity contribution in [3.63, 3.8) is 0 Å². The molecule has 0 radical (unpaired) electrons. The van der Waals surface area contributed by atoms with Gasteiger partial charge in [-0.05, 0) is 18.2 Å². The second-order valence-corrected chi connectivity index (χ2v) is 6.28. The number of rotatable bonds is 10. The lowest BCUT2D eigenvalue weighted by Gasteiger charge is -2.10. The van der Waals surface area contributed by atoms with E-state index in [1.807, 2.05) is 0 Å². The van der Waals surface area contributed by atoms with Gasteiger partial charge < -0.3 is 23.8 Å². The number of aromatic nitrogens is 1. The Hall–Kier alpha value is -4.26. The summed E-state index contributed by atoms with van der Waals surface area (Å²) in [5.74, 6) is -4.85. The number of Topliss-reactive ketones (excluding diaryl/α,β-unsaturated/α-hetero) is 1. The number of halogens is 1. The summed E-state index contributed by atoms with van der Waals surface area (Å²) in [5.41, 5.74) is -0.992. The second-order valence-electron chi connectivity index (χ2n) is 6.01. The van der Waals surface area contributed by atoms with E-state index in [0.29, 0.717) is 0 Å². The van der Waals surface area contributed by atoms with Gasteiger partial charge in [0.2, 0.25) is 17.4 Å². The first-order chi connectivity index (χ1) is 15.6. The molecule has 0 fully saturated rings. The molecule has 1 aromatic carbocycles. The molecule has 0 atom stereocenters. The highest BCUT2D eigenvalue weighted by Gasteiger charge is 2.20. The molecular weight excluding hydrogens is 466 g/mol. The topological polar surface area (TPSA) is 184 Å². The maximum atomic E-state index is 12.4. The van der Waals surface area contributed by atoms with Crippen molar-refractivity contribution in [1.82, 2.24) is 4.98 Å². The first-order valence-corrected chi connectivity index (χ1v) is 9.43. The monoisotopic (exact) mass is 481 g/mol. The fraction of sp³-hybridized carbons (Fsp3) is 0.211. The van der Waals surface area contributed by atoms with Crippen LogP contribution in [-0.4, -0.2) is 57.9 Å². The third-order valence-electron chi connectivity index (χ3n) is 3.44. The predicted octanol–water partition coefficient (Wildman–Crippen LogP) is 1.39. The number of aliphatic carboxylic acids is 1. The van der Waals surface area contributed by atoms with E-state index >= 15 is 0 Å². The number of hydrogen-bond donors (Lipinski definition) is 2. The molecule has 0 aliphatic carbocycles. The van der Waals surface area contributed by atoms with Gasteiger partial charge in [-0.15, -0.1) is 11.6 Å². The Morgan fingerprint density at radius 1 is 1.12 bits per heavy atom. The van der Waals surface area contributed by atoms with Gasteiger partial charge in [0.15, 0.2) is 18.1 Å². The molecule has 14 heteroatoms. The number of nitrogens with zero attached hydrogens (tertiary/aromatic N) is 2. The second kappa shape index (κ2) is 11.4. The molecule has 2 aromatic rings. The summed E-state index contributed by atoms with van der Waals surface area (Å²) in [6, 6.07) is 3.36. The van der Waals surface area contributed by atoms with Crippen molar-refractivity contribution < 1.29 is 47.8 Å². The highest BCUT2D eigenvalue weighted by atomic mass is 35.5. The van der Waals surface area contributed by atoms with E-state index in [-0.39, 0.29) is 34.7 Å². The van der Waals surface area contributed by atoms with E-state index in [9.17, 15) is 29.1 Å². The van der Waals surface area contributed by atoms with E-state index in [4.69, 9.17) is 30.3 Å². The minimum atomic E-state index is -1.55. The fourth-order valence-electron chi connectivity index (χ4n) is 2.18. The number of oxazole rings is 1. The normalized spacial score (nSPS) is 10.8. The van der Waals surface area contributed by atoms with Crippen molar-refractivity contribution in [2.75, 3.05) is 17.8 Å². The van der Waals surface area contributed by atoms with Crippen LogP contribution in [0.3, 0.4) is 0 Å². The number of carbonyl (C=O) groups is 5. The number of hydrogen-bond acceptors (Lipinski definition) is 11. The maximum absolute atomic E-state index is 12.4. The minimum Gasteiger partial charge on any atom is -0.476 e. The van der Waals surface area contributed by atoms with Gasteiger partial charge in [-0.3, -0.25) is 24.5 Å². The van der Waals surface area contributed by atoms with Crippen LogP contribution >= 0.6 is 11.6 Å². The van der Waals surface area contributed by atoms with Crippen LogP contribution in [0.2, 0.25) is 0 Å². The van der Waals surface area contributed by atoms with Crippen molar-refractivity contribution in [2.24, 2.45) is 5.16 Å². The molecule has 0 aliphatic heterocycles. The van der Waals surface area contributed by atoms with Crippen LogP contribution in [0.15, 0.2) is 34.0 Å². The number of benzene rings is 1. The minimum absolute atomic E-state index is 0.00161. The number of esters is 2. The largest absolute Gasteiger partial charge is 0.476 e. The van der Waals surface area contributed by atoms with Crippen LogP contribution in [0.1, 0.15) is 29.9 Å². The number of alkyl halides is 1. The molecule has 0 unspecified atom stereocenters. The van der Waals surface area contributed by atoms with Crippen molar-refractivity contribution >= 4 is 52.9 Å². The molecule has 2 rings (SSSR count).